The highest BCUT2D eigenvalue weighted by atomic mass is 15.2. The van der Waals surface area contributed by atoms with E-state index in [9.17, 15) is 0 Å². The summed E-state index contributed by atoms with van der Waals surface area (Å²) in [5, 5.41) is 3.17. The Hall–Kier alpha value is -1.20. The van der Waals surface area contributed by atoms with Crippen LogP contribution in [-0.2, 0) is 6.54 Å². The number of hydrogen-bond acceptors (Lipinski definition) is 5. The lowest BCUT2D eigenvalue weighted by Gasteiger charge is -2.37. The maximum atomic E-state index is 4.45. The monoisotopic (exact) mass is 249 g/mol. The van der Waals surface area contributed by atoms with Crippen LogP contribution in [0.3, 0.4) is 0 Å². The summed E-state index contributed by atoms with van der Waals surface area (Å²) in [5.41, 5.74) is 1.16. The molecule has 18 heavy (non-hydrogen) atoms. The minimum atomic E-state index is 0.550. The molecule has 2 rings (SSSR count). The van der Waals surface area contributed by atoms with Crippen LogP contribution < -0.4 is 10.2 Å². The largest absolute Gasteiger partial charge is 0.355 e. The lowest BCUT2D eigenvalue weighted by atomic mass is 10.0. The quantitative estimate of drug-likeness (QED) is 0.852. The molecule has 2 heterocycles. The third kappa shape index (κ3) is 2.97. The van der Waals surface area contributed by atoms with Crippen molar-refractivity contribution in [3.05, 3.63) is 18.1 Å². The van der Waals surface area contributed by atoms with Gasteiger partial charge in [-0.25, -0.2) is 9.97 Å². The fraction of sp³-hybridized carbons (Fsp3) is 0.692. The van der Waals surface area contributed by atoms with E-state index in [4.69, 9.17) is 0 Å². The third-order valence-corrected chi connectivity index (χ3v) is 3.61. The topological polar surface area (TPSA) is 44.3 Å². The van der Waals surface area contributed by atoms with Crippen LogP contribution in [-0.4, -0.2) is 55.1 Å². The molecule has 5 heteroatoms. The molecule has 1 unspecified atom stereocenters. The first-order valence-electron chi connectivity index (χ1n) is 6.57. The van der Waals surface area contributed by atoms with E-state index in [1.165, 1.54) is 19.4 Å². The van der Waals surface area contributed by atoms with Gasteiger partial charge in [-0.1, -0.05) is 0 Å². The summed E-state index contributed by atoms with van der Waals surface area (Å²) in [4.78, 5) is 13.3. The SMILES string of the molecule is CNCc1cncnc1N(C)C1CCCN(C)C1. The van der Waals surface area contributed by atoms with Crippen molar-refractivity contribution in [3.63, 3.8) is 0 Å². The molecule has 1 aromatic rings. The maximum absolute atomic E-state index is 4.45. The molecule has 0 aromatic carbocycles. The van der Waals surface area contributed by atoms with E-state index in [0.717, 1.165) is 24.5 Å². The van der Waals surface area contributed by atoms with Gasteiger partial charge in [0.25, 0.3) is 0 Å². The van der Waals surface area contributed by atoms with Crippen molar-refractivity contribution in [3.8, 4) is 0 Å². The van der Waals surface area contributed by atoms with Gasteiger partial charge in [-0.05, 0) is 33.5 Å². The number of likely N-dealkylation sites (tertiary alicyclic amines) is 1. The Morgan fingerprint density at radius 1 is 1.56 bits per heavy atom. The second kappa shape index (κ2) is 6.11. The smallest absolute Gasteiger partial charge is 0.136 e. The van der Waals surface area contributed by atoms with Gasteiger partial charge < -0.3 is 15.1 Å². The van der Waals surface area contributed by atoms with Crippen molar-refractivity contribution in [1.82, 2.24) is 20.2 Å². The number of nitrogens with zero attached hydrogens (tertiary/aromatic N) is 4. The Labute approximate surface area is 109 Å². The lowest BCUT2D eigenvalue weighted by Crippen LogP contribution is -2.45. The van der Waals surface area contributed by atoms with Gasteiger partial charge in [-0.2, -0.15) is 0 Å². The molecule has 100 valence electrons. The van der Waals surface area contributed by atoms with Crippen LogP contribution in [0.25, 0.3) is 0 Å². The highest BCUT2D eigenvalue weighted by Gasteiger charge is 2.23. The van der Waals surface area contributed by atoms with E-state index in [1.807, 2.05) is 13.2 Å². The van der Waals surface area contributed by atoms with E-state index in [1.54, 1.807) is 6.33 Å². The number of anilines is 1. The van der Waals surface area contributed by atoms with Crippen molar-refractivity contribution in [2.24, 2.45) is 0 Å². The molecular formula is C13H23N5. The summed E-state index contributed by atoms with van der Waals surface area (Å²) in [7, 11) is 6.28. The first-order valence-corrected chi connectivity index (χ1v) is 6.57. The standard InChI is InChI=1S/C13H23N5/c1-14-7-11-8-15-10-16-13(11)18(3)12-5-4-6-17(2)9-12/h8,10,12,14H,4-7,9H2,1-3H3. The van der Waals surface area contributed by atoms with Crippen LogP contribution >= 0.6 is 0 Å². The fourth-order valence-electron chi connectivity index (χ4n) is 2.61. The summed E-state index contributed by atoms with van der Waals surface area (Å²) < 4.78 is 0. The molecule has 5 nitrogen and oxygen atoms in total. The van der Waals surface area contributed by atoms with Crippen LogP contribution in [0.5, 0.6) is 0 Å². The minimum Gasteiger partial charge on any atom is -0.355 e. The van der Waals surface area contributed by atoms with Crippen LogP contribution in [0.4, 0.5) is 5.82 Å². The second-order valence-corrected chi connectivity index (χ2v) is 5.07. The van der Waals surface area contributed by atoms with Crippen molar-refractivity contribution in [2.45, 2.75) is 25.4 Å². The van der Waals surface area contributed by atoms with Gasteiger partial charge in [0.05, 0.1) is 0 Å². The molecule has 1 saturated heterocycles. The Balaban J connectivity index is 2.14. The Morgan fingerprint density at radius 3 is 3.11 bits per heavy atom. The highest BCUT2D eigenvalue weighted by molar-refractivity contribution is 5.45. The molecule has 1 aliphatic heterocycles. The fourth-order valence-corrected chi connectivity index (χ4v) is 2.61. The van der Waals surface area contributed by atoms with E-state index in [-0.39, 0.29) is 0 Å². The number of piperidine rings is 1. The summed E-state index contributed by atoms with van der Waals surface area (Å²) in [6.07, 6.45) is 6.04. The molecule has 1 N–H and O–H groups in total. The Kier molecular flexibility index (Phi) is 4.49. The third-order valence-electron chi connectivity index (χ3n) is 3.61. The molecule has 0 bridgehead atoms. The van der Waals surface area contributed by atoms with Crippen LogP contribution in [0, 0.1) is 0 Å². The summed E-state index contributed by atoms with van der Waals surface area (Å²) >= 11 is 0. The minimum absolute atomic E-state index is 0.550. The van der Waals surface area contributed by atoms with E-state index in [0.29, 0.717) is 6.04 Å². The molecule has 0 aliphatic carbocycles. The van der Waals surface area contributed by atoms with Crippen molar-refractivity contribution in [1.29, 1.82) is 0 Å². The number of likely N-dealkylation sites (N-methyl/N-ethyl adjacent to an activating group) is 2. The molecule has 0 radical (unpaired) electrons. The van der Waals surface area contributed by atoms with E-state index >= 15 is 0 Å². The first kappa shape index (κ1) is 13.2. The van der Waals surface area contributed by atoms with Crippen LogP contribution in [0.1, 0.15) is 18.4 Å². The molecule has 1 fully saturated rings. The van der Waals surface area contributed by atoms with Crippen molar-refractivity contribution in [2.75, 3.05) is 39.1 Å². The Bertz CT molecular complexity index is 381. The van der Waals surface area contributed by atoms with Gasteiger partial charge in [0, 0.05) is 37.9 Å². The van der Waals surface area contributed by atoms with Crippen molar-refractivity contribution < 1.29 is 0 Å². The second-order valence-electron chi connectivity index (χ2n) is 5.07. The zero-order chi connectivity index (χ0) is 13.0. The molecule has 0 saturated carbocycles. The molecule has 1 atom stereocenters. The van der Waals surface area contributed by atoms with Gasteiger partial charge in [0.15, 0.2) is 0 Å². The molecule has 0 spiro atoms. The molecule has 1 aliphatic rings. The Morgan fingerprint density at radius 2 is 2.39 bits per heavy atom. The number of nitrogens with one attached hydrogen (secondary N) is 1. The summed E-state index contributed by atoms with van der Waals surface area (Å²) in [6.45, 7) is 3.13. The predicted molar refractivity (Wildman–Crippen MR) is 73.7 cm³/mol. The zero-order valence-electron chi connectivity index (χ0n) is 11.6. The van der Waals surface area contributed by atoms with Crippen molar-refractivity contribution >= 4 is 5.82 Å². The van der Waals surface area contributed by atoms with E-state index in [2.05, 4.69) is 39.2 Å². The van der Waals surface area contributed by atoms with Crippen LogP contribution in [0.2, 0.25) is 0 Å². The van der Waals surface area contributed by atoms with Gasteiger partial charge in [0.2, 0.25) is 0 Å². The normalized spacial score (nSPS) is 20.9. The van der Waals surface area contributed by atoms with Crippen LogP contribution in [0.15, 0.2) is 12.5 Å². The molecule has 1 aromatic heterocycles. The molecular weight excluding hydrogens is 226 g/mol. The number of aromatic nitrogens is 2. The average Bonchev–Trinajstić information content (AvgIpc) is 2.39. The lowest BCUT2D eigenvalue weighted by molar-refractivity contribution is 0.247. The van der Waals surface area contributed by atoms with Gasteiger partial charge >= 0.3 is 0 Å². The average molecular weight is 249 g/mol. The summed E-state index contributed by atoms with van der Waals surface area (Å²) in [6, 6.07) is 0.550. The maximum Gasteiger partial charge on any atom is 0.136 e. The van der Waals surface area contributed by atoms with Gasteiger partial charge in [-0.3, -0.25) is 0 Å². The first-order chi connectivity index (χ1) is 8.72. The van der Waals surface area contributed by atoms with Gasteiger partial charge in [-0.15, -0.1) is 0 Å². The molecule has 0 amide bonds. The number of rotatable bonds is 4. The number of hydrogen-bond donors (Lipinski definition) is 1. The zero-order valence-corrected chi connectivity index (χ0v) is 11.6. The van der Waals surface area contributed by atoms with E-state index < -0.39 is 0 Å². The summed E-state index contributed by atoms with van der Waals surface area (Å²) in [5.74, 6) is 1.06. The highest BCUT2D eigenvalue weighted by Crippen LogP contribution is 2.21. The predicted octanol–water partition coefficient (Wildman–Crippen LogP) is 0.726. The van der Waals surface area contributed by atoms with Gasteiger partial charge in [0.1, 0.15) is 12.1 Å².